The molecule has 0 radical (unpaired) electrons. The Bertz CT molecular complexity index is 1480. The van der Waals surface area contributed by atoms with Gasteiger partial charge in [0.15, 0.2) is 6.29 Å². The molecule has 14 atom stereocenters. The van der Waals surface area contributed by atoms with Gasteiger partial charge in [-0.3, -0.25) is 4.79 Å². The summed E-state index contributed by atoms with van der Waals surface area (Å²) in [5, 5.41) is 43.4. The molecule has 2 aliphatic rings. The highest BCUT2D eigenvalue weighted by atomic mass is 35.5. The van der Waals surface area contributed by atoms with E-state index >= 15 is 0 Å². The largest absolute Gasteiger partial charge is 0.459 e. The first-order chi connectivity index (χ1) is 26.6. The third kappa shape index (κ3) is 12.3. The van der Waals surface area contributed by atoms with Gasteiger partial charge in [-0.05, 0) is 73.0 Å². The molecule has 0 aromatic heterocycles. The average molecular weight is 828 g/mol. The maximum absolute atomic E-state index is 14.2. The van der Waals surface area contributed by atoms with Gasteiger partial charge in [0.05, 0.1) is 35.5 Å². The van der Waals surface area contributed by atoms with Crippen molar-refractivity contribution in [3.8, 4) is 0 Å². The number of oxime groups is 1. The minimum Gasteiger partial charge on any atom is -0.459 e. The highest BCUT2D eigenvalue weighted by Gasteiger charge is 2.52. The number of halogens is 1. The molecule has 0 aliphatic carbocycles. The van der Waals surface area contributed by atoms with Crippen LogP contribution in [0.1, 0.15) is 94.1 Å². The van der Waals surface area contributed by atoms with Crippen LogP contribution in [0.2, 0.25) is 5.02 Å². The molecule has 2 aliphatic heterocycles. The zero-order valence-corrected chi connectivity index (χ0v) is 37.0. The third-order valence-corrected chi connectivity index (χ3v) is 12.1. The molecule has 14 nitrogen and oxygen atoms in total. The molecule has 2 fully saturated rings. The zero-order valence-electron chi connectivity index (χ0n) is 36.2. The van der Waals surface area contributed by atoms with Gasteiger partial charge >= 0.3 is 12.1 Å². The van der Waals surface area contributed by atoms with Crippen molar-refractivity contribution in [2.75, 3.05) is 27.7 Å². The first-order valence-electron chi connectivity index (χ1n) is 20.3. The molecule has 0 spiro atoms. The number of hydrogen-bond donors (Lipinski definition) is 4. The Labute approximate surface area is 344 Å². The number of amides is 1. The van der Waals surface area contributed by atoms with Crippen molar-refractivity contribution >= 4 is 29.4 Å². The minimum atomic E-state index is -1.95. The van der Waals surface area contributed by atoms with E-state index in [1.165, 1.54) is 14.0 Å². The van der Waals surface area contributed by atoms with Crippen molar-refractivity contribution in [2.45, 2.75) is 155 Å². The van der Waals surface area contributed by atoms with Gasteiger partial charge in [-0.25, -0.2) is 4.79 Å². The summed E-state index contributed by atoms with van der Waals surface area (Å²) >= 11 is 6.41. The number of cyclic esters (lactones) is 1. The van der Waals surface area contributed by atoms with Crippen LogP contribution in [0.25, 0.3) is 0 Å². The fourth-order valence-electron chi connectivity index (χ4n) is 8.21. The first-order valence-corrected chi connectivity index (χ1v) is 20.7. The summed E-state index contributed by atoms with van der Waals surface area (Å²) in [5.41, 5.74) is -2.10. The van der Waals surface area contributed by atoms with E-state index in [2.05, 4.69) is 10.5 Å². The molecule has 1 aromatic rings. The Balaban J connectivity index is 2.25. The van der Waals surface area contributed by atoms with Crippen LogP contribution < -0.4 is 5.32 Å². The van der Waals surface area contributed by atoms with E-state index in [4.69, 9.17) is 40.1 Å². The molecule has 1 amide bonds. The number of nitrogens with one attached hydrogen (secondary N) is 1. The molecule has 3 rings (SSSR count). The second-order valence-electron chi connectivity index (χ2n) is 17.2. The number of carbonyl (C=O) groups excluding carboxylic acids is 2. The lowest BCUT2D eigenvalue weighted by molar-refractivity contribution is -0.301. The Hall–Kier alpha value is -2.56. The van der Waals surface area contributed by atoms with Gasteiger partial charge < -0.3 is 54.1 Å². The summed E-state index contributed by atoms with van der Waals surface area (Å²) < 4.78 is 31.6. The molecule has 0 unspecified atom stereocenters. The van der Waals surface area contributed by atoms with Gasteiger partial charge in [-0.1, -0.05) is 76.5 Å². The Morgan fingerprint density at radius 3 is 2.33 bits per heavy atom. The maximum Gasteiger partial charge on any atom is 0.407 e. The first kappa shape index (κ1) is 48.8. The minimum absolute atomic E-state index is 0.0343. The van der Waals surface area contributed by atoms with E-state index in [1.807, 2.05) is 71.8 Å². The fourth-order valence-corrected chi connectivity index (χ4v) is 8.40. The second-order valence-corrected chi connectivity index (χ2v) is 17.6. The van der Waals surface area contributed by atoms with Gasteiger partial charge in [-0.15, -0.1) is 0 Å². The van der Waals surface area contributed by atoms with Crippen LogP contribution in [0.4, 0.5) is 4.79 Å². The molecule has 0 bridgehead atoms. The summed E-state index contributed by atoms with van der Waals surface area (Å²) in [6.45, 7) is 18.2. The smallest absolute Gasteiger partial charge is 0.407 e. The van der Waals surface area contributed by atoms with Crippen molar-refractivity contribution in [3.05, 3.63) is 34.9 Å². The number of aliphatic hydroxyl groups is 3. The lowest BCUT2D eigenvalue weighted by Crippen LogP contribution is -2.60. The van der Waals surface area contributed by atoms with E-state index in [-0.39, 0.29) is 37.5 Å². The van der Waals surface area contributed by atoms with Gasteiger partial charge in [0.1, 0.15) is 30.5 Å². The molecule has 0 saturated carbocycles. The highest BCUT2D eigenvalue weighted by molar-refractivity contribution is 6.31. The van der Waals surface area contributed by atoms with Crippen molar-refractivity contribution in [1.29, 1.82) is 0 Å². The molecule has 4 N–H and O–H groups in total. The SMILES string of the molecule is CC[C@H]1OC(=O)[C@H](C)[C@@H](OC(=O)NCC(C)C)[C@H](C)[C@@H](O[C@@H]2O[C@H](C)C[C@H](N(C)C)[C@H]2O)[C@](C)(OC)C[C@@H](C)/C(=N/OCc2ccccc2Cl)[C@H](C)[C@@H](O)[C@]1(C)O. The predicted molar refractivity (Wildman–Crippen MR) is 218 cm³/mol. The molecule has 57 heavy (non-hydrogen) atoms. The van der Waals surface area contributed by atoms with Gasteiger partial charge in [-0.2, -0.15) is 0 Å². The van der Waals surface area contributed by atoms with Crippen molar-refractivity contribution < 1.29 is 53.4 Å². The third-order valence-electron chi connectivity index (χ3n) is 11.8. The standard InChI is InChI=1S/C42H70ClN3O11/c1-14-32-42(10,51)36(48)26(6)33(45-53-22-29-17-15-16-18-30(29)43)24(4)20-41(9,52-13)37(57-39-34(47)31(46(11)12)19-25(5)54-39)27(7)35(28(8)38(49)55-32)56-40(50)44-21-23(2)3/h15-18,23-28,31-32,34-37,39,47-48,51H,14,19-22H2,1-13H3,(H,44,50)/b45-33-/t24-,25-,26+,27+,28-,31+,32-,34-,35+,36-,37-,39+,41-,42-/m1/s1. The number of benzene rings is 1. The van der Waals surface area contributed by atoms with E-state index < -0.39 is 83.7 Å². The maximum atomic E-state index is 14.2. The summed E-state index contributed by atoms with van der Waals surface area (Å²) in [4.78, 5) is 35.4. The van der Waals surface area contributed by atoms with Crippen LogP contribution in [0, 0.1) is 29.6 Å². The Morgan fingerprint density at radius 1 is 1.11 bits per heavy atom. The van der Waals surface area contributed by atoms with Crippen LogP contribution in [0.5, 0.6) is 0 Å². The number of rotatable bonds is 11. The number of aliphatic hydroxyl groups excluding tert-OH is 2. The molecule has 15 heteroatoms. The van der Waals surface area contributed by atoms with Gasteiger partial charge in [0.2, 0.25) is 0 Å². The summed E-state index contributed by atoms with van der Waals surface area (Å²) in [6.07, 6.45) is -7.08. The van der Waals surface area contributed by atoms with Crippen LogP contribution in [-0.2, 0) is 39.9 Å². The zero-order chi connectivity index (χ0) is 43.0. The Kier molecular flexibility index (Phi) is 18.1. The number of ether oxygens (including phenoxy) is 5. The summed E-state index contributed by atoms with van der Waals surface area (Å²) in [6, 6.07) is 6.92. The topological polar surface area (TPSA) is 178 Å². The fraction of sp³-hybridized carbons (Fsp3) is 0.786. The second kappa shape index (κ2) is 21.1. The summed E-state index contributed by atoms with van der Waals surface area (Å²) in [7, 11) is 5.29. The number of methoxy groups -OCH3 is 1. The highest BCUT2D eigenvalue weighted by Crippen LogP contribution is 2.40. The van der Waals surface area contributed by atoms with Gasteiger partial charge in [0, 0.05) is 48.0 Å². The van der Waals surface area contributed by atoms with Crippen LogP contribution in [0.15, 0.2) is 29.4 Å². The van der Waals surface area contributed by atoms with Gasteiger partial charge in [0.25, 0.3) is 0 Å². The molecule has 2 heterocycles. The van der Waals surface area contributed by atoms with Crippen molar-refractivity contribution in [2.24, 2.45) is 34.7 Å². The monoisotopic (exact) mass is 827 g/mol. The number of nitrogens with zero attached hydrogens (tertiary/aromatic N) is 2. The van der Waals surface area contributed by atoms with Crippen LogP contribution in [0.3, 0.4) is 0 Å². The molecule has 1 aromatic carbocycles. The average Bonchev–Trinajstić information content (AvgIpc) is 3.15. The summed E-state index contributed by atoms with van der Waals surface area (Å²) in [5.74, 6) is -3.83. The molecular formula is C42H70ClN3O11. The van der Waals surface area contributed by atoms with E-state index in [0.717, 1.165) is 0 Å². The number of esters is 1. The number of hydrogen-bond acceptors (Lipinski definition) is 13. The number of alkyl carbamates (subject to hydrolysis) is 1. The normalized spacial score (nSPS) is 38.1. The Morgan fingerprint density at radius 2 is 1.75 bits per heavy atom. The number of carbonyl (C=O) groups is 2. The molecule has 326 valence electrons. The van der Waals surface area contributed by atoms with Crippen molar-refractivity contribution in [3.63, 3.8) is 0 Å². The lowest BCUT2D eigenvalue weighted by atomic mass is 9.73. The van der Waals surface area contributed by atoms with Crippen LogP contribution >= 0.6 is 11.6 Å². The van der Waals surface area contributed by atoms with E-state index in [1.54, 1.807) is 33.8 Å². The van der Waals surface area contributed by atoms with E-state index in [0.29, 0.717) is 29.3 Å². The van der Waals surface area contributed by atoms with Crippen LogP contribution in [-0.4, -0.2) is 126 Å². The van der Waals surface area contributed by atoms with E-state index in [9.17, 15) is 24.9 Å². The quantitative estimate of drug-likeness (QED) is 0.162. The van der Waals surface area contributed by atoms with Crippen molar-refractivity contribution in [1.82, 2.24) is 10.2 Å². The molecule has 2 saturated heterocycles. The lowest BCUT2D eigenvalue weighted by Gasteiger charge is -2.48. The molecular weight excluding hydrogens is 758 g/mol. The predicted octanol–water partition coefficient (Wildman–Crippen LogP) is 5.56. The number of likely N-dealkylation sites (N-methyl/N-ethyl adjacent to an activating group) is 1.